The highest BCUT2D eigenvalue weighted by Gasteiger charge is 2.21. The fourth-order valence-electron chi connectivity index (χ4n) is 3.71. The van der Waals surface area contributed by atoms with Crippen LogP contribution in [0.5, 0.6) is 0 Å². The van der Waals surface area contributed by atoms with Gasteiger partial charge < -0.3 is 15.5 Å². The van der Waals surface area contributed by atoms with Crippen LogP contribution in [-0.2, 0) is 4.79 Å². The Kier molecular flexibility index (Phi) is 13.7. The summed E-state index contributed by atoms with van der Waals surface area (Å²) in [4.78, 5) is 14.5. The summed E-state index contributed by atoms with van der Waals surface area (Å²) in [7, 11) is 0. The number of carbonyl (C=O) groups excluding carboxylic acids is 1. The van der Waals surface area contributed by atoms with E-state index in [-0.39, 0.29) is 30.7 Å². The Labute approximate surface area is 164 Å². The van der Waals surface area contributed by atoms with E-state index in [4.69, 9.17) is 0 Å². The fourth-order valence-corrected chi connectivity index (χ4v) is 4.66. The largest absolute Gasteiger partial charge is 0.356 e. The van der Waals surface area contributed by atoms with Gasteiger partial charge in [-0.05, 0) is 37.6 Å². The summed E-state index contributed by atoms with van der Waals surface area (Å²) >= 11 is 1.95. The molecule has 0 radical (unpaired) electrons. The quantitative estimate of drug-likeness (QED) is 0.645. The molecule has 0 spiro atoms. The maximum Gasteiger partial charge on any atom is 0.221 e. The summed E-state index contributed by atoms with van der Waals surface area (Å²) in [5, 5.41) is 6.49. The van der Waals surface area contributed by atoms with E-state index >= 15 is 0 Å². The Hall–Kier alpha value is 0.320. The maximum atomic E-state index is 11.9. The molecule has 3 atom stereocenters. The first-order chi connectivity index (χ1) is 10.6. The Balaban J connectivity index is 0.00000264. The number of thioether (sulfide) groups is 1. The van der Waals surface area contributed by atoms with Crippen molar-refractivity contribution in [3.05, 3.63) is 0 Å². The van der Waals surface area contributed by atoms with E-state index in [9.17, 15) is 4.79 Å². The van der Waals surface area contributed by atoms with Crippen LogP contribution in [0, 0.1) is 11.8 Å². The highest BCUT2D eigenvalue weighted by atomic mass is 35.5. The smallest absolute Gasteiger partial charge is 0.221 e. The second-order valence-corrected chi connectivity index (χ2v) is 8.34. The monoisotopic (exact) mass is 399 g/mol. The Bertz CT molecular complexity index is 334. The molecule has 2 N–H and O–H groups in total. The van der Waals surface area contributed by atoms with Gasteiger partial charge in [0.25, 0.3) is 0 Å². The summed E-state index contributed by atoms with van der Waals surface area (Å²) in [6, 6.07) is 0.370. The summed E-state index contributed by atoms with van der Waals surface area (Å²) in [5.41, 5.74) is 0. The van der Waals surface area contributed by atoms with Crippen molar-refractivity contribution in [3.63, 3.8) is 0 Å². The number of likely N-dealkylation sites (tertiary alicyclic amines) is 1. The zero-order valence-electron chi connectivity index (χ0n) is 15.1. The van der Waals surface area contributed by atoms with Gasteiger partial charge in [0.2, 0.25) is 5.91 Å². The molecule has 0 bridgehead atoms. The average Bonchev–Trinajstić information content (AvgIpc) is 2.47. The number of rotatable bonds is 7. The van der Waals surface area contributed by atoms with Crippen molar-refractivity contribution in [1.29, 1.82) is 0 Å². The van der Waals surface area contributed by atoms with Gasteiger partial charge in [-0.25, -0.2) is 0 Å². The minimum absolute atomic E-state index is 0. The van der Waals surface area contributed by atoms with E-state index in [0.29, 0.717) is 12.5 Å². The van der Waals surface area contributed by atoms with Crippen molar-refractivity contribution in [1.82, 2.24) is 15.5 Å². The Morgan fingerprint density at radius 2 is 1.92 bits per heavy atom. The topological polar surface area (TPSA) is 44.4 Å². The maximum absolute atomic E-state index is 11.9. The number of hydrogen-bond donors (Lipinski definition) is 2. The first-order valence-corrected chi connectivity index (χ1v) is 10.1. The van der Waals surface area contributed by atoms with Gasteiger partial charge in [-0.1, -0.05) is 13.8 Å². The third-order valence-electron chi connectivity index (χ3n) is 4.60. The summed E-state index contributed by atoms with van der Waals surface area (Å²) < 4.78 is 0. The SMILES string of the molecule is CC1CC(C)CN(CCCCNC(=O)CC2CSCCN2)C1.Cl.Cl. The van der Waals surface area contributed by atoms with Crippen LogP contribution in [-0.4, -0.2) is 61.1 Å². The molecule has 0 aromatic carbocycles. The zero-order valence-corrected chi connectivity index (χ0v) is 17.5. The van der Waals surface area contributed by atoms with E-state index in [1.165, 1.54) is 38.2 Å². The van der Waals surface area contributed by atoms with Crippen molar-refractivity contribution in [2.75, 3.05) is 44.2 Å². The summed E-state index contributed by atoms with van der Waals surface area (Å²) in [6.45, 7) is 10.3. The molecular formula is C17H35Cl2N3OS. The van der Waals surface area contributed by atoms with E-state index in [1.807, 2.05) is 11.8 Å². The van der Waals surface area contributed by atoms with Crippen molar-refractivity contribution in [2.24, 2.45) is 11.8 Å². The molecule has 2 fully saturated rings. The predicted octanol–water partition coefficient (Wildman–Crippen LogP) is 2.80. The Morgan fingerprint density at radius 1 is 1.21 bits per heavy atom. The number of hydrogen-bond acceptors (Lipinski definition) is 4. The molecular weight excluding hydrogens is 365 g/mol. The van der Waals surface area contributed by atoms with Gasteiger partial charge in [-0.2, -0.15) is 11.8 Å². The van der Waals surface area contributed by atoms with Crippen molar-refractivity contribution >= 4 is 42.5 Å². The van der Waals surface area contributed by atoms with Crippen LogP contribution in [0.25, 0.3) is 0 Å². The predicted molar refractivity (Wildman–Crippen MR) is 110 cm³/mol. The molecule has 1 amide bonds. The summed E-state index contributed by atoms with van der Waals surface area (Å²) in [6.07, 6.45) is 4.29. The van der Waals surface area contributed by atoms with E-state index < -0.39 is 0 Å². The summed E-state index contributed by atoms with van der Waals surface area (Å²) in [5.74, 6) is 4.12. The third kappa shape index (κ3) is 9.71. The van der Waals surface area contributed by atoms with Crippen LogP contribution in [0.3, 0.4) is 0 Å². The molecule has 4 nitrogen and oxygen atoms in total. The molecule has 3 unspecified atom stereocenters. The fraction of sp³-hybridized carbons (Fsp3) is 0.941. The Morgan fingerprint density at radius 3 is 2.54 bits per heavy atom. The van der Waals surface area contributed by atoms with Gasteiger partial charge in [-0.3, -0.25) is 4.79 Å². The number of carbonyl (C=O) groups is 1. The van der Waals surface area contributed by atoms with Crippen molar-refractivity contribution in [3.8, 4) is 0 Å². The molecule has 2 aliphatic heterocycles. The van der Waals surface area contributed by atoms with Crippen LogP contribution in [0.15, 0.2) is 0 Å². The normalized spacial score (nSPS) is 27.7. The van der Waals surface area contributed by atoms with Gasteiger partial charge in [0.05, 0.1) is 0 Å². The average molecular weight is 400 g/mol. The van der Waals surface area contributed by atoms with Crippen LogP contribution in [0.2, 0.25) is 0 Å². The number of piperidine rings is 1. The molecule has 2 heterocycles. The van der Waals surface area contributed by atoms with Crippen LogP contribution in [0.4, 0.5) is 0 Å². The number of unbranched alkanes of at least 4 members (excludes halogenated alkanes) is 1. The molecule has 0 aromatic rings. The minimum atomic E-state index is 0. The lowest BCUT2D eigenvalue weighted by Crippen LogP contribution is -2.41. The second-order valence-electron chi connectivity index (χ2n) is 7.19. The molecule has 2 aliphatic rings. The lowest BCUT2D eigenvalue weighted by atomic mass is 9.92. The molecule has 0 aliphatic carbocycles. The van der Waals surface area contributed by atoms with Gasteiger partial charge in [0.1, 0.15) is 0 Å². The number of halogens is 2. The van der Waals surface area contributed by atoms with Crippen molar-refractivity contribution < 1.29 is 4.79 Å². The zero-order chi connectivity index (χ0) is 15.8. The molecule has 24 heavy (non-hydrogen) atoms. The van der Waals surface area contributed by atoms with Crippen LogP contribution >= 0.6 is 36.6 Å². The van der Waals surface area contributed by atoms with E-state index in [1.54, 1.807) is 0 Å². The van der Waals surface area contributed by atoms with Gasteiger partial charge >= 0.3 is 0 Å². The number of amides is 1. The lowest BCUT2D eigenvalue weighted by molar-refractivity contribution is -0.121. The third-order valence-corrected chi connectivity index (χ3v) is 5.73. The van der Waals surface area contributed by atoms with Crippen LogP contribution < -0.4 is 10.6 Å². The lowest BCUT2D eigenvalue weighted by Gasteiger charge is -2.34. The highest BCUT2D eigenvalue weighted by molar-refractivity contribution is 7.99. The van der Waals surface area contributed by atoms with Crippen LogP contribution in [0.1, 0.15) is 39.5 Å². The molecule has 2 rings (SSSR count). The van der Waals surface area contributed by atoms with E-state index in [2.05, 4.69) is 29.4 Å². The number of nitrogens with zero attached hydrogens (tertiary/aromatic N) is 1. The second kappa shape index (κ2) is 13.5. The van der Waals surface area contributed by atoms with E-state index in [0.717, 1.165) is 37.1 Å². The molecule has 2 saturated heterocycles. The standard InChI is InChI=1S/C17H33N3OS.2ClH/c1-14-9-15(2)12-20(11-14)7-4-3-5-19-17(21)10-16-13-22-8-6-18-16;;/h14-16,18H,3-13H2,1-2H3,(H,19,21);2*1H. The van der Waals surface area contributed by atoms with Gasteiger partial charge in [0.15, 0.2) is 0 Å². The van der Waals surface area contributed by atoms with Crippen molar-refractivity contribution in [2.45, 2.75) is 45.6 Å². The molecule has 144 valence electrons. The molecule has 0 aromatic heterocycles. The van der Waals surface area contributed by atoms with Gasteiger partial charge in [0, 0.05) is 50.1 Å². The number of nitrogens with one attached hydrogen (secondary N) is 2. The molecule has 7 heteroatoms. The highest BCUT2D eigenvalue weighted by Crippen LogP contribution is 2.20. The molecule has 0 saturated carbocycles. The minimum Gasteiger partial charge on any atom is -0.356 e. The van der Waals surface area contributed by atoms with Gasteiger partial charge in [-0.15, -0.1) is 24.8 Å². The first kappa shape index (κ1) is 24.3. The first-order valence-electron chi connectivity index (χ1n) is 8.93.